The topological polar surface area (TPSA) is 62.3 Å². The second-order valence-corrected chi connectivity index (χ2v) is 5.38. The van der Waals surface area contributed by atoms with Gasteiger partial charge in [0.2, 0.25) is 5.88 Å². The molecule has 0 fully saturated rings. The lowest BCUT2D eigenvalue weighted by Gasteiger charge is -2.13. The van der Waals surface area contributed by atoms with Crippen molar-refractivity contribution < 1.29 is 14.6 Å². The van der Waals surface area contributed by atoms with Gasteiger partial charge in [0.05, 0.1) is 16.8 Å². The Labute approximate surface area is 134 Å². The lowest BCUT2D eigenvalue weighted by atomic mass is 10.0. The van der Waals surface area contributed by atoms with Gasteiger partial charge in [-0.3, -0.25) is 0 Å². The molecule has 4 nitrogen and oxygen atoms in total. The van der Waals surface area contributed by atoms with Gasteiger partial charge < -0.3 is 14.8 Å². The molecular formula is C17H19NO3S. The number of rotatable bonds is 4. The number of carbonyl (C=O) groups is 1. The number of hydrogen-bond acceptors (Lipinski definition) is 4. The second kappa shape index (κ2) is 6.75. The third kappa shape index (κ3) is 3.04. The summed E-state index contributed by atoms with van der Waals surface area (Å²) in [6.45, 7) is 5.91. The van der Waals surface area contributed by atoms with Crippen LogP contribution in [0.1, 0.15) is 35.3 Å². The van der Waals surface area contributed by atoms with Crippen molar-refractivity contribution in [2.24, 2.45) is 0 Å². The Kier molecular flexibility index (Phi) is 4.98. The van der Waals surface area contributed by atoms with E-state index in [1.807, 2.05) is 38.1 Å². The van der Waals surface area contributed by atoms with Gasteiger partial charge in [0, 0.05) is 0 Å². The van der Waals surface area contributed by atoms with Crippen molar-refractivity contribution >= 4 is 18.2 Å². The largest absolute Gasteiger partial charge is 0.494 e. The van der Waals surface area contributed by atoms with Crippen LogP contribution >= 0.6 is 12.2 Å². The molecule has 116 valence electrons. The molecule has 0 radical (unpaired) electrons. The van der Waals surface area contributed by atoms with Gasteiger partial charge in [-0.1, -0.05) is 49.0 Å². The molecule has 0 saturated carbocycles. The van der Waals surface area contributed by atoms with Gasteiger partial charge in [-0.05, 0) is 31.4 Å². The maximum atomic E-state index is 12.0. The van der Waals surface area contributed by atoms with Gasteiger partial charge in [0.1, 0.15) is 5.56 Å². The van der Waals surface area contributed by atoms with Gasteiger partial charge >= 0.3 is 5.97 Å². The van der Waals surface area contributed by atoms with Crippen LogP contribution in [0.3, 0.4) is 0 Å². The molecular weight excluding hydrogens is 298 g/mol. The highest BCUT2D eigenvalue weighted by atomic mass is 32.1. The summed E-state index contributed by atoms with van der Waals surface area (Å²) >= 11 is 5.40. The number of ether oxygens (including phenoxy) is 1. The molecule has 0 amide bonds. The van der Waals surface area contributed by atoms with E-state index in [0.29, 0.717) is 10.9 Å². The highest BCUT2D eigenvalue weighted by molar-refractivity contribution is 7.71. The number of aromatic hydroxyl groups is 1. The number of benzene rings is 1. The second-order valence-electron chi connectivity index (χ2n) is 4.97. The minimum atomic E-state index is -0.605. The van der Waals surface area contributed by atoms with E-state index in [2.05, 4.69) is 4.98 Å². The van der Waals surface area contributed by atoms with Gasteiger partial charge in [-0.25, -0.2) is 4.79 Å². The van der Waals surface area contributed by atoms with Gasteiger partial charge in [-0.15, -0.1) is 0 Å². The molecule has 0 unspecified atom stereocenters. The summed E-state index contributed by atoms with van der Waals surface area (Å²) in [5.74, 6) is -0.859. The van der Waals surface area contributed by atoms with Crippen LogP contribution in [0.25, 0.3) is 11.3 Å². The minimum Gasteiger partial charge on any atom is -0.494 e. The summed E-state index contributed by atoms with van der Waals surface area (Å²) < 4.78 is 5.31. The smallest absolute Gasteiger partial charge is 0.345 e. The molecule has 0 atom stereocenters. The summed E-state index contributed by atoms with van der Waals surface area (Å²) in [4.78, 5) is 14.9. The third-order valence-corrected chi connectivity index (χ3v) is 3.91. The van der Waals surface area contributed by atoms with Gasteiger partial charge in [0.15, 0.2) is 0 Å². The van der Waals surface area contributed by atoms with Crippen molar-refractivity contribution in [1.82, 2.24) is 4.98 Å². The molecule has 22 heavy (non-hydrogen) atoms. The lowest BCUT2D eigenvalue weighted by Crippen LogP contribution is -2.09. The number of aromatic nitrogens is 1. The van der Waals surface area contributed by atoms with Crippen LogP contribution in [-0.2, 0) is 11.2 Å². The van der Waals surface area contributed by atoms with Crippen molar-refractivity contribution in [1.29, 1.82) is 0 Å². The zero-order valence-corrected chi connectivity index (χ0v) is 13.7. The number of hydrogen-bond donors (Lipinski definition) is 2. The van der Waals surface area contributed by atoms with Crippen LogP contribution in [0.15, 0.2) is 24.3 Å². The molecule has 5 heteroatoms. The Balaban J connectivity index is 2.65. The van der Waals surface area contributed by atoms with E-state index in [1.54, 1.807) is 6.92 Å². The molecule has 2 aromatic rings. The summed E-state index contributed by atoms with van der Waals surface area (Å²) in [7, 11) is 0. The highest BCUT2D eigenvalue weighted by Crippen LogP contribution is 2.30. The fraction of sp³-hybridized carbons (Fsp3) is 0.294. The molecule has 0 aliphatic heterocycles. The van der Waals surface area contributed by atoms with E-state index >= 15 is 0 Å². The molecule has 1 heterocycles. The first kappa shape index (κ1) is 16.2. The van der Waals surface area contributed by atoms with Crippen LogP contribution in [0.2, 0.25) is 0 Å². The summed E-state index contributed by atoms with van der Waals surface area (Å²) in [5.41, 5.74) is 3.65. The van der Waals surface area contributed by atoms with Crippen molar-refractivity contribution in [2.75, 3.05) is 6.61 Å². The molecule has 1 aromatic carbocycles. The first-order valence-electron chi connectivity index (χ1n) is 7.21. The quantitative estimate of drug-likeness (QED) is 0.656. The van der Waals surface area contributed by atoms with Crippen molar-refractivity contribution in [2.45, 2.75) is 27.2 Å². The Morgan fingerprint density at radius 3 is 2.45 bits per heavy atom. The maximum Gasteiger partial charge on any atom is 0.345 e. The first-order chi connectivity index (χ1) is 10.5. The number of nitrogens with one attached hydrogen (secondary N) is 1. The molecule has 0 aliphatic carbocycles. The Morgan fingerprint density at radius 1 is 1.27 bits per heavy atom. The monoisotopic (exact) mass is 317 g/mol. The molecule has 0 aliphatic rings. The predicted molar refractivity (Wildman–Crippen MR) is 88.8 cm³/mol. The van der Waals surface area contributed by atoms with E-state index in [-0.39, 0.29) is 18.1 Å². The Hall–Kier alpha value is -2.14. The number of aromatic amines is 1. The van der Waals surface area contributed by atoms with Crippen LogP contribution < -0.4 is 0 Å². The number of esters is 1. The number of H-pyrrole nitrogens is 1. The normalized spacial score (nSPS) is 10.5. The van der Waals surface area contributed by atoms with E-state index < -0.39 is 5.97 Å². The Morgan fingerprint density at radius 2 is 1.91 bits per heavy atom. The van der Waals surface area contributed by atoms with Crippen LogP contribution in [-0.4, -0.2) is 22.7 Å². The Bertz CT molecular complexity index is 748. The molecule has 0 bridgehead atoms. The van der Waals surface area contributed by atoms with E-state index in [1.165, 1.54) is 0 Å². The van der Waals surface area contributed by atoms with E-state index in [9.17, 15) is 9.90 Å². The molecule has 1 aromatic heterocycles. The van der Waals surface area contributed by atoms with E-state index in [4.69, 9.17) is 17.0 Å². The first-order valence-corrected chi connectivity index (χ1v) is 7.62. The van der Waals surface area contributed by atoms with E-state index in [0.717, 1.165) is 22.4 Å². The summed E-state index contributed by atoms with van der Waals surface area (Å²) in [5, 5.41) is 10.2. The third-order valence-electron chi connectivity index (χ3n) is 3.46. The standard InChI is InChI=1S/C17H19NO3S/c1-4-12-14(11-8-6-10(3)7-9-11)18-16(19)13(15(12)22)17(20)21-5-2/h6-9H,4-5H2,1-3H3,(H2,18,19,22). The van der Waals surface area contributed by atoms with Crippen molar-refractivity contribution in [3.8, 4) is 17.1 Å². The highest BCUT2D eigenvalue weighted by Gasteiger charge is 2.20. The SMILES string of the molecule is CCOC(=O)c1c(O)[nH]c(-c2ccc(C)cc2)c(CC)c1=S. The number of pyridine rings is 1. The zero-order valence-electron chi connectivity index (χ0n) is 12.9. The maximum absolute atomic E-state index is 12.0. The molecule has 0 saturated heterocycles. The minimum absolute atomic E-state index is 0.0320. The number of aryl methyl sites for hydroxylation is 1. The average Bonchev–Trinajstić information content (AvgIpc) is 2.48. The lowest BCUT2D eigenvalue weighted by molar-refractivity contribution is 0.0521. The van der Waals surface area contributed by atoms with Gasteiger partial charge in [0.25, 0.3) is 0 Å². The summed E-state index contributed by atoms with van der Waals surface area (Å²) in [6.07, 6.45) is 0.644. The van der Waals surface area contributed by atoms with Crippen molar-refractivity contribution in [3.63, 3.8) is 0 Å². The fourth-order valence-electron chi connectivity index (χ4n) is 2.32. The fourth-order valence-corrected chi connectivity index (χ4v) is 2.75. The van der Waals surface area contributed by atoms with Crippen LogP contribution in [0.5, 0.6) is 5.88 Å². The average molecular weight is 317 g/mol. The van der Waals surface area contributed by atoms with Crippen LogP contribution in [0, 0.1) is 11.4 Å². The molecule has 0 spiro atoms. The molecule has 2 rings (SSSR count). The number of carbonyl (C=O) groups excluding carboxylic acids is 1. The predicted octanol–water partition coefficient (Wildman–Crippen LogP) is 4.16. The molecule has 2 N–H and O–H groups in total. The van der Waals surface area contributed by atoms with Gasteiger partial charge in [-0.2, -0.15) is 0 Å². The van der Waals surface area contributed by atoms with Crippen LogP contribution in [0.4, 0.5) is 0 Å². The zero-order chi connectivity index (χ0) is 16.3. The summed E-state index contributed by atoms with van der Waals surface area (Å²) in [6, 6.07) is 7.89. The van der Waals surface area contributed by atoms with Crippen molar-refractivity contribution in [3.05, 3.63) is 45.5 Å².